The van der Waals surface area contributed by atoms with Crippen LogP contribution in [0.5, 0.6) is 0 Å². The molecule has 0 radical (unpaired) electrons. The maximum atomic E-state index is 12.2. The van der Waals surface area contributed by atoms with Gasteiger partial charge in [0.05, 0.1) is 6.54 Å². The molecule has 0 atom stereocenters. The van der Waals surface area contributed by atoms with Crippen molar-refractivity contribution in [3.63, 3.8) is 0 Å². The number of aliphatic imine (C=N–C) groups is 1. The van der Waals surface area contributed by atoms with Crippen LogP contribution >= 0.6 is 35.7 Å². The maximum absolute atomic E-state index is 12.2. The summed E-state index contributed by atoms with van der Waals surface area (Å²) < 4.78 is 36.5. The maximum Gasteiger partial charge on any atom is 0.401 e. The van der Waals surface area contributed by atoms with E-state index in [-0.39, 0.29) is 24.0 Å². The molecule has 2 N–H and O–H groups in total. The number of halogens is 4. The average molecular weight is 470 g/mol. The standard InChI is InChI=1S/C14H29F3N4S.HI/c1-4-18-13(19-8-5-6-11-22-3)20-9-7-10-21(2)12-14(15,16)17;/h4-12H2,1-3H3,(H2,18,19,20);1H. The summed E-state index contributed by atoms with van der Waals surface area (Å²) in [7, 11) is 1.48. The summed E-state index contributed by atoms with van der Waals surface area (Å²) in [4.78, 5) is 5.66. The van der Waals surface area contributed by atoms with Crippen molar-refractivity contribution >= 4 is 41.7 Å². The lowest BCUT2D eigenvalue weighted by Gasteiger charge is -2.18. The normalized spacial score (nSPS) is 12.2. The fraction of sp³-hybridized carbons (Fsp3) is 0.929. The van der Waals surface area contributed by atoms with Gasteiger partial charge in [-0.2, -0.15) is 24.9 Å². The largest absolute Gasteiger partial charge is 0.401 e. The van der Waals surface area contributed by atoms with Crippen LogP contribution in [0.2, 0.25) is 0 Å². The Kier molecular flexibility index (Phi) is 17.2. The average Bonchev–Trinajstić information content (AvgIpc) is 2.41. The molecule has 0 aliphatic carbocycles. The molecular weight excluding hydrogens is 440 g/mol. The number of thioether (sulfide) groups is 1. The van der Waals surface area contributed by atoms with Crippen LogP contribution in [-0.4, -0.2) is 68.8 Å². The van der Waals surface area contributed by atoms with Crippen molar-refractivity contribution in [1.29, 1.82) is 0 Å². The van der Waals surface area contributed by atoms with E-state index in [9.17, 15) is 13.2 Å². The van der Waals surface area contributed by atoms with Crippen molar-refractivity contribution in [1.82, 2.24) is 15.5 Å². The van der Waals surface area contributed by atoms with E-state index in [1.165, 1.54) is 11.9 Å². The predicted octanol–water partition coefficient (Wildman–Crippen LogP) is 3.19. The Morgan fingerprint density at radius 3 is 2.43 bits per heavy atom. The second-order valence-electron chi connectivity index (χ2n) is 5.09. The highest BCUT2D eigenvalue weighted by Gasteiger charge is 2.28. The van der Waals surface area contributed by atoms with Crippen molar-refractivity contribution < 1.29 is 13.2 Å². The molecule has 0 saturated heterocycles. The van der Waals surface area contributed by atoms with Crippen molar-refractivity contribution in [2.24, 2.45) is 4.99 Å². The zero-order chi connectivity index (χ0) is 16.8. The molecular formula is C14H30F3IN4S. The molecule has 4 nitrogen and oxygen atoms in total. The fourth-order valence-corrected chi connectivity index (χ4v) is 2.33. The fourth-order valence-electron chi connectivity index (χ4n) is 1.84. The SMILES string of the molecule is CCNC(=NCCCN(C)CC(F)(F)F)NCCCCSC.I. The van der Waals surface area contributed by atoms with Gasteiger partial charge in [0.25, 0.3) is 0 Å². The van der Waals surface area contributed by atoms with E-state index in [0.29, 0.717) is 19.5 Å². The van der Waals surface area contributed by atoms with E-state index in [1.807, 2.05) is 18.7 Å². The van der Waals surface area contributed by atoms with Gasteiger partial charge in [-0.25, -0.2) is 0 Å². The molecule has 0 amide bonds. The first kappa shape index (κ1) is 25.3. The highest BCUT2D eigenvalue weighted by Crippen LogP contribution is 2.15. The van der Waals surface area contributed by atoms with Crippen molar-refractivity contribution in [3.05, 3.63) is 0 Å². The van der Waals surface area contributed by atoms with Gasteiger partial charge >= 0.3 is 6.18 Å². The minimum absolute atomic E-state index is 0. The van der Waals surface area contributed by atoms with Crippen LogP contribution in [0.3, 0.4) is 0 Å². The van der Waals surface area contributed by atoms with Crippen molar-refractivity contribution in [2.45, 2.75) is 32.4 Å². The van der Waals surface area contributed by atoms with E-state index in [4.69, 9.17) is 0 Å². The first-order chi connectivity index (χ1) is 10.4. The molecule has 0 aliphatic heterocycles. The number of nitrogens with one attached hydrogen (secondary N) is 2. The van der Waals surface area contributed by atoms with E-state index < -0.39 is 12.7 Å². The Balaban J connectivity index is 0. The molecule has 0 rings (SSSR count). The lowest BCUT2D eigenvalue weighted by atomic mass is 10.3. The van der Waals surface area contributed by atoms with Crippen LogP contribution in [0.15, 0.2) is 4.99 Å². The molecule has 0 bridgehead atoms. The van der Waals surface area contributed by atoms with Crippen LogP contribution < -0.4 is 10.6 Å². The summed E-state index contributed by atoms with van der Waals surface area (Å²) >= 11 is 1.84. The molecule has 0 spiro atoms. The van der Waals surface area contributed by atoms with E-state index in [2.05, 4.69) is 21.9 Å². The number of hydrogen-bond donors (Lipinski definition) is 2. The zero-order valence-corrected chi connectivity index (χ0v) is 17.4. The summed E-state index contributed by atoms with van der Waals surface area (Å²) in [6, 6.07) is 0. The van der Waals surface area contributed by atoms with Crippen LogP contribution in [0.1, 0.15) is 26.2 Å². The van der Waals surface area contributed by atoms with Gasteiger partial charge < -0.3 is 10.6 Å². The molecule has 140 valence electrons. The summed E-state index contributed by atoms with van der Waals surface area (Å²) in [5, 5.41) is 6.38. The van der Waals surface area contributed by atoms with Gasteiger partial charge in [0.15, 0.2) is 5.96 Å². The smallest absolute Gasteiger partial charge is 0.357 e. The van der Waals surface area contributed by atoms with E-state index >= 15 is 0 Å². The Hall–Kier alpha value is 0.1000. The monoisotopic (exact) mass is 470 g/mol. The van der Waals surface area contributed by atoms with Gasteiger partial charge in [0, 0.05) is 19.6 Å². The Morgan fingerprint density at radius 1 is 1.17 bits per heavy atom. The molecule has 0 saturated carbocycles. The van der Waals surface area contributed by atoms with E-state index in [0.717, 1.165) is 37.6 Å². The third-order valence-electron chi connectivity index (χ3n) is 2.83. The predicted molar refractivity (Wildman–Crippen MR) is 105 cm³/mol. The molecule has 23 heavy (non-hydrogen) atoms. The number of nitrogens with zero attached hydrogens (tertiary/aromatic N) is 2. The van der Waals surface area contributed by atoms with Gasteiger partial charge in [-0.05, 0) is 51.8 Å². The molecule has 0 heterocycles. The number of rotatable bonds is 11. The lowest BCUT2D eigenvalue weighted by molar-refractivity contribution is -0.143. The molecule has 0 aromatic rings. The lowest BCUT2D eigenvalue weighted by Crippen LogP contribution is -2.38. The molecule has 0 aromatic carbocycles. The highest BCUT2D eigenvalue weighted by atomic mass is 127. The number of guanidine groups is 1. The van der Waals surface area contributed by atoms with Gasteiger partial charge in [0.2, 0.25) is 0 Å². The summed E-state index contributed by atoms with van der Waals surface area (Å²) in [6.07, 6.45) is 0.811. The van der Waals surface area contributed by atoms with Gasteiger partial charge in [-0.1, -0.05) is 0 Å². The van der Waals surface area contributed by atoms with Crippen molar-refractivity contribution in [2.75, 3.05) is 51.8 Å². The second-order valence-corrected chi connectivity index (χ2v) is 6.08. The van der Waals surface area contributed by atoms with Crippen LogP contribution in [0.25, 0.3) is 0 Å². The summed E-state index contributed by atoms with van der Waals surface area (Å²) in [6.45, 7) is 3.65. The summed E-state index contributed by atoms with van der Waals surface area (Å²) in [5.74, 6) is 1.89. The Morgan fingerprint density at radius 2 is 1.87 bits per heavy atom. The quantitative estimate of drug-likeness (QED) is 0.211. The first-order valence-corrected chi connectivity index (χ1v) is 9.04. The van der Waals surface area contributed by atoms with E-state index in [1.54, 1.807) is 0 Å². The van der Waals surface area contributed by atoms with Crippen LogP contribution in [0, 0.1) is 0 Å². The topological polar surface area (TPSA) is 39.7 Å². The Labute approximate surface area is 159 Å². The molecule has 0 aromatic heterocycles. The number of hydrogen-bond acceptors (Lipinski definition) is 3. The number of unbranched alkanes of at least 4 members (excludes halogenated alkanes) is 1. The molecule has 0 aliphatic rings. The van der Waals surface area contributed by atoms with Crippen molar-refractivity contribution in [3.8, 4) is 0 Å². The van der Waals surface area contributed by atoms with Crippen LogP contribution in [-0.2, 0) is 0 Å². The highest BCUT2D eigenvalue weighted by molar-refractivity contribution is 14.0. The molecule has 0 fully saturated rings. The molecule has 9 heteroatoms. The minimum atomic E-state index is -4.13. The number of alkyl halides is 3. The first-order valence-electron chi connectivity index (χ1n) is 7.65. The Bertz CT molecular complexity index is 304. The molecule has 0 unspecified atom stereocenters. The second kappa shape index (κ2) is 15.6. The van der Waals surface area contributed by atoms with Gasteiger partial charge in [0.1, 0.15) is 0 Å². The third kappa shape index (κ3) is 18.3. The van der Waals surface area contributed by atoms with Crippen LogP contribution in [0.4, 0.5) is 13.2 Å². The summed E-state index contributed by atoms with van der Waals surface area (Å²) in [5.41, 5.74) is 0. The third-order valence-corrected chi connectivity index (χ3v) is 3.53. The zero-order valence-electron chi connectivity index (χ0n) is 14.2. The van der Waals surface area contributed by atoms with Gasteiger partial charge in [-0.3, -0.25) is 9.89 Å². The van der Waals surface area contributed by atoms with Gasteiger partial charge in [-0.15, -0.1) is 24.0 Å². The minimum Gasteiger partial charge on any atom is -0.357 e.